The van der Waals surface area contributed by atoms with Crippen LogP contribution in [0.1, 0.15) is 4.88 Å². The van der Waals surface area contributed by atoms with E-state index >= 15 is 0 Å². The lowest BCUT2D eigenvalue weighted by Gasteiger charge is -2.09. The van der Waals surface area contributed by atoms with E-state index in [1.165, 1.54) is 4.88 Å². The maximum absolute atomic E-state index is 5.87. The Kier molecular flexibility index (Phi) is 4.25. The summed E-state index contributed by atoms with van der Waals surface area (Å²) in [6, 6.07) is 3.96. The third-order valence-electron chi connectivity index (χ3n) is 2.23. The van der Waals surface area contributed by atoms with Crippen LogP contribution in [-0.2, 0) is 6.42 Å². The van der Waals surface area contributed by atoms with Crippen LogP contribution in [0.3, 0.4) is 0 Å². The van der Waals surface area contributed by atoms with Crippen molar-refractivity contribution in [3.8, 4) is 0 Å². The second-order valence-electron chi connectivity index (χ2n) is 3.47. The Morgan fingerprint density at radius 3 is 2.88 bits per heavy atom. The summed E-state index contributed by atoms with van der Waals surface area (Å²) in [6.07, 6.45) is 4.28. The van der Waals surface area contributed by atoms with Gasteiger partial charge in [-0.15, -0.1) is 11.3 Å². The van der Waals surface area contributed by atoms with Crippen LogP contribution in [0.4, 0.5) is 11.4 Å². The molecule has 2 heterocycles. The van der Waals surface area contributed by atoms with Gasteiger partial charge < -0.3 is 11.1 Å². The molecule has 2 rings (SSSR count). The van der Waals surface area contributed by atoms with Crippen LogP contribution in [0.15, 0.2) is 29.0 Å². The maximum atomic E-state index is 5.87. The number of pyridine rings is 1. The molecule has 3 N–H and O–H groups in total. The average molecular weight is 333 g/mol. The summed E-state index contributed by atoms with van der Waals surface area (Å²) in [4.78, 5) is 5.24. The topological polar surface area (TPSA) is 50.9 Å². The smallest absolute Gasteiger partial charge is 0.0931 e. The molecular formula is C11H11BrClN3S. The highest BCUT2D eigenvalue weighted by Gasteiger charge is 2.04. The van der Waals surface area contributed by atoms with Crippen molar-refractivity contribution < 1.29 is 0 Å². The van der Waals surface area contributed by atoms with Crippen LogP contribution in [0.2, 0.25) is 4.34 Å². The Morgan fingerprint density at radius 1 is 1.41 bits per heavy atom. The second-order valence-corrected chi connectivity index (χ2v) is 6.12. The summed E-state index contributed by atoms with van der Waals surface area (Å²) in [5.41, 5.74) is 7.37. The summed E-state index contributed by atoms with van der Waals surface area (Å²) in [5, 5.41) is 3.29. The maximum Gasteiger partial charge on any atom is 0.0931 e. The third-order valence-corrected chi connectivity index (χ3v) is 4.12. The van der Waals surface area contributed by atoms with Gasteiger partial charge in [-0.2, -0.15) is 0 Å². The van der Waals surface area contributed by atoms with Gasteiger partial charge in [0.1, 0.15) is 0 Å². The van der Waals surface area contributed by atoms with Gasteiger partial charge in [-0.3, -0.25) is 4.98 Å². The van der Waals surface area contributed by atoms with Crippen molar-refractivity contribution in [2.75, 3.05) is 17.6 Å². The summed E-state index contributed by atoms with van der Waals surface area (Å²) in [6.45, 7) is 0.809. The van der Waals surface area contributed by atoms with E-state index in [-0.39, 0.29) is 0 Å². The SMILES string of the molecule is Nc1cncc(Br)c1NCCc1ccc(Cl)s1. The monoisotopic (exact) mass is 331 g/mol. The van der Waals surface area contributed by atoms with Crippen molar-refractivity contribution >= 4 is 50.2 Å². The zero-order chi connectivity index (χ0) is 12.3. The largest absolute Gasteiger partial charge is 0.396 e. The van der Waals surface area contributed by atoms with E-state index in [9.17, 15) is 0 Å². The Morgan fingerprint density at radius 2 is 2.24 bits per heavy atom. The molecular weight excluding hydrogens is 322 g/mol. The quantitative estimate of drug-likeness (QED) is 0.895. The molecule has 0 bridgehead atoms. The highest BCUT2D eigenvalue weighted by Crippen LogP contribution is 2.27. The number of thiophene rings is 1. The Bertz CT molecular complexity index is 495. The van der Waals surface area contributed by atoms with Crippen molar-refractivity contribution in [3.05, 3.63) is 38.2 Å². The number of aromatic nitrogens is 1. The Labute approximate surface area is 117 Å². The van der Waals surface area contributed by atoms with Gasteiger partial charge in [0.25, 0.3) is 0 Å². The van der Waals surface area contributed by atoms with Gasteiger partial charge in [0.2, 0.25) is 0 Å². The molecule has 0 saturated carbocycles. The number of nitrogens with two attached hydrogens (primary N) is 1. The zero-order valence-corrected chi connectivity index (χ0v) is 12.1. The average Bonchev–Trinajstić information content (AvgIpc) is 2.69. The van der Waals surface area contributed by atoms with Gasteiger partial charge in [-0.05, 0) is 34.5 Å². The zero-order valence-electron chi connectivity index (χ0n) is 8.91. The van der Waals surface area contributed by atoms with Gasteiger partial charge in [0.05, 0.1) is 26.4 Å². The van der Waals surface area contributed by atoms with E-state index in [1.54, 1.807) is 23.7 Å². The van der Waals surface area contributed by atoms with Crippen LogP contribution >= 0.6 is 38.9 Å². The van der Waals surface area contributed by atoms with Crippen LogP contribution in [0.5, 0.6) is 0 Å². The minimum atomic E-state index is 0.642. The van der Waals surface area contributed by atoms with E-state index in [0.29, 0.717) is 5.69 Å². The molecule has 6 heteroatoms. The van der Waals surface area contributed by atoms with Crippen LogP contribution in [0.25, 0.3) is 0 Å². The van der Waals surface area contributed by atoms with E-state index in [4.69, 9.17) is 17.3 Å². The number of nitrogen functional groups attached to an aromatic ring is 1. The first kappa shape index (κ1) is 12.7. The molecule has 0 aliphatic carbocycles. The summed E-state index contributed by atoms with van der Waals surface area (Å²) in [7, 11) is 0. The first-order chi connectivity index (χ1) is 8.16. The Hall–Kier alpha value is -0.780. The molecule has 0 unspecified atom stereocenters. The lowest BCUT2D eigenvalue weighted by atomic mass is 10.3. The predicted molar refractivity (Wildman–Crippen MR) is 77.9 cm³/mol. The van der Waals surface area contributed by atoms with E-state index in [2.05, 4.69) is 26.2 Å². The molecule has 90 valence electrons. The fraction of sp³-hybridized carbons (Fsp3) is 0.182. The molecule has 0 aliphatic heterocycles. The predicted octanol–water partition coefficient (Wildman–Crippen LogP) is 3.80. The third kappa shape index (κ3) is 3.34. The van der Waals surface area contributed by atoms with E-state index in [0.717, 1.165) is 27.5 Å². The van der Waals surface area contributed by atoms with Gasteiger partial charge >= 0.3 is 0 Å². The van der Waals surface area contributed by atoms with Gasteiger partial charge in [0, 0.05) is 17.6 Å². The summed E-state index contributed by atoms with van der Waals surface area (Å²) >= 11 is 10.9. The van der Waals surface area contributed by atoms with Crippen molar-refractivity contribution in [2.45, 2.75) is 6.42 Å². The molecule has 0 atom stereocenters. The minimum absolute atomic E-state index is 0.642. The van der Waals surface area contributed by atoms with Crippen LogP contribution in [-0.4, -0.2) is 11.5 Å². The molecule has 2 aromatic heterocycles. The van der Waals surface area contributed by atoms with Crippen LogP contribution < -0.4 is 11.1 Å². The molecule has 0 aromatic carbocycles. The summed E-state index contributed by atoms with van der Waals surface area (Å²) in [5.74, 6) is 0. The molecule has 3 nitrogen and oxygen atoms in total. The lowest BCUT2D eigenvalue weighted by Crippen LogP contribution is -2.07. The molecule has 17 heavy (non-hydrogen) atoms. The van der Waals surface area contributed by atoms with E-state index < -0.39 is 0 Å². The van der Waals surface area contributed by atoms with Crippen molar-refractivity contribution in [1.29, 1.82) is 0 Å². The second kappa shape index (κ2) is 5.71. The van der Waals surface area contributed by atoms with Crippen molar-refractivity contribution in [2.24, 2.45) is 0 Å². The molecule has 0 amide bonds. The normalized spacial score (nSPS) is 10.5. The number of anilines is 2. The number of rotatable bonds is 4. The van der Waals surface area contributed by atoms with Crippen molar-refractivity contribution in [3.63, 3.8) is 0 Å². The van der Waals surface area contributed by atoms with Gasteiger partial charge in [-0.1, -0.05) is 11.6 Å². The highest BCUT2D eigenvalue weighted by molar-refractivity contribution is 9.10. The number of nitrogens with one attached hydrogen (secondary N) is 1. The van der Waals surface area contributed by atoms with E-state index in [1.807, 2.05) is 12.1 Å². The molecule has 0 radical (unpaired) electrons. The molecule has 0 aliphatic rings. The van der Waals surface area contributed by atoms with Gasteiger partial charge in [-0.25, -0.2) is 0 Å². The fourth-order valence-electron chi connectivity index (χ4n) is 1.43. The number of hydrogen-bond donors (Lipinski definition) is 2. The molecule has 2 aromatic rings. The highest BCUT2D eigenvalue weighted by atomic mass is 79.9. The number of halogens is 2. The van der Waals surface area contributed by atoms with Crippen molar-refractivity contribution in [1.82, 2.24) is 4.98 Å². The first-order valence-corrected chi connectivity index (χ1v) is 7.02. The Balaban J connectivity index is 1.94. The van der Waals surface area contributed by atoms with Crippen LogP contribution in [0, 0.1) is 0 Å². The number of nitrogens with zero attached hydrogens (tertiary/aromatic N) is 1. The first-order valence-electron chi connectivity index (χ1n) is 5.04. The molecule has 0 fully saturated rings. The molecule has 0 saturated heterocycles. The molecule has 0 spiro atoms. The number of hydrogen-bond acceptors (Lipinski definition) is 4. The summed E-state index contributed by atoms with van der Waals surface area (Å²) < 4.78 is 1.70. The fourth-order valence-corrected chi connectivity index (χ4v) is 3.01. The lowest BCUT2D eigenvalue weighted by molar-refractivity contribution is 1.04. The standard InChI is InChI=1S/C11H11BrClN3S/c12-8-5-15-6-9(14)11(8)16-4-3-7-1-2-10(13)17-7/h1-2,5-6H,3-4,14H2,(H,15,16). The minimum Gasteiger partial charge on any atom is -0.396 e. The van der Waals surface area contributed by atoms with Gasteiger partial charge in [0.15, 0.2) is 0 Å².